The summed E-state index contributed by atoms with van der Waals surface area (Å²) in [5.41, 5.74) is 15.6. The fraction of sp³-hybridized carbons (Fsp3) is 0.794. The number of carboxylic acid groups (broad SMARTS) is 3. The van der Waals surface area contributed by atoms with Gasteiger partial charge in [0.15, 0.2) is 17.3 Å². The summed E-state index contributed by atoms with van der Waals surface area (Å²) in [7, 11) is 1.25. The van der Waals surface area contributed by atoms with E-state index in [2.05, 4.69) is 46.0 Å². The van der Waals surface area contributed by atoms with Crippen LogP contribution < -0.4 is 34.8 Å². The van der Waals surface area contributed by atoms with E-state index >= 15 is 0 Å². The summed E-state index contributed by atoms with van der Waals surface area (Å²) in [6.07, 6.45) is 0.760. The Morgan fingerprint density at radius 3 is 0.794 bits per heavy atom. The smallest absolute Gasteiger partial charge is 0.870 e. The molecular weight excluding hydrogens is 1270 g/mol. The second kappa shape index (κ2) is 44.9. The summed E-state index contributed by atoms with van der Waals surface area (Å²) in [5.74, 6) is -10.3. The number of azide groups is 3. The SMILES string of the molecule is CC(=O)O.CC(C)(C)OC(=O)C[C@@H](CCCN=[N+]=[N-])C(=O)NC(C)(C)C(=O)CC(C)(C)C(=O)O.CC(C)(C)OC(=O)C[C@@H](CCCN=[N+]=[N-])C(=O)NC(C)(C)C(=O)CC(C)(C)C(=O)O.COC(=O)C(C)(C)CC(=O)C(C)(C)NC(=O)[C@H](CCCN=[N+]=[N-])CC(=O)OC(C)(C)C.[Li+].[OH-]. The van der Waals surface area contributed by atoms with E-state index in [4.69, 9.17) is 45.4 Å². The van der Waals surface area contributed by atoms with Crippen LogP contribution in [0.3, 0.4) is 0 Å². The molecule has 3 amide bonds. The molecule has 0 aliphatic heterocycles. The topological polar surface area (TPSA) is 532 Å². The fourth-order valence-electron chi connectivity index (χ4n) is 7.90. The van der Waals surface area contributed by atoms with Gasteiger partial charge in [-0.15, -0.1) is 0 Å². The molecule has 0 spiro atoms. The van der Waals surface area contributed by atoms with Crippen LogP contribution >= 0.6 is 0 Å². The maximum Gasteiger partial charge on any atom is 1.00 e. The first-order valence-electron chi connectivity index (χ1n) is 30.8. The van der Waals surface area contributed by atoms with Crippen LogP contribution in [0, 0.1) is 34.0 Å². The summed E-state index contributed by atoms with van der Waals surface area (Å²) in [4.78, 5) is 165. The zero-order valence-electron chi connectivity index (χ0n) is 61.6. The molecule has 0 radical (unpaired) electrons. The van der Waals surface area contributed by atoms with Crippen LogP contribution in [0.5, 0.6) is 0 Å². The first-order valence-corrected chi connectivity index (χ1v) is 30.8. The van der Waals surface area contributed by atoms with Gasteiger partial charge in [0.1, 0.15) is 16.8 Å². The van der Waals surface area contributed by atoms with Crippen molar-refractivity contribution in [2.24, 2.45) is 49.3 Å². The molecule has 0 aromatic rings. The van der Waals surface area contributed by atoms with Crippen molar-refractivity contribution in [2.75, 3.05) is 26.7 Å². The number of aliphatic carboxylic acids is 3. The molecular formula is C63H109LiN12O21. The molecule has 0 saturated carbocycles. The van der Waals surface area contributed by atoms with Gasteiger partial charge in [-0.05, 0) is 201 Å². The molecule has 0 aliphatic rings. The maximum atomic E-state index is 12.9. The van der Waals surface area contributed by atoms with Crippen molar-refractivity contribution >= 4 is 76.9 Å². The van der Waals surface area contributed by atoms with Gasteiger partial charge in [-0.25, -0.2) is 0 Å². The Kier molecular flexibility index (Phi) is 46.4. The number of carbonyl (C=O) groups is 13. The number of ketones is 3. The molecule has 3 atom stereocenters. The number of amides is 3. The predicted molar refractivity (Wildman–Crippen MR) is 351 cm³/mol. The van der Waals surface area contributed by atoms with Gasteiger partial charge in [-0.2, -0.15) is 0 Å². The number of hydrogen-bond donors (Lipinski definition) is 6. The summed E-state index contributed by atoms with van der Waals surface area (Å²) in [6.45, 7) is 35.1. The summed E-state index contributed by atoms with van der Waals surface area (Å²) >= 11 is 0. The fourth-order valence-corrected chi connectivity index (χ4v) is 7.90. The van der Waals surface area contributed by atoms with E-state index in [0.29, 0.717) is 19.3 Å². The van der Waals surface area contributed by atoms with Crippen LogP contribution in [-0.2, 0) is 81.3 Å². The molecule has 0 heterocycles. The zero-order valence-corrected chi connectivity index (χ0v) is 61.6. The Hall–Kier alpha value is -7.80. The number of carboxylic acids is 3. The normalized spacial score (nSPS) is 12.4. The number of Topliss-reactive ketones (excluding diaryl/α,β-unsaturated/α-hetero) is 3. The minimum Gasteiger partial charge on any atom is -0.870 e. The van der Waals surface area contributed by atoms with Crippen molar-refractivity contribution < 1.29 is 121 Å². The van der Waals surface area contributed by atoms with E-state index in [-0.39, 0.29) is 108 Å². The van der Waals surface area contributed by atoms with E-state index in [1.807, 2.05) is 0 Å². The van der Waals surface area contributed by atoms with Gasteiger partial charge < -0.3 is 55.7 Å². The van der Waals surface area contributed by atoms with E-state index in [1.54, 1.807) is 90.0 Å². The molecule has 0 fully saturated rings. The molecule has 7 N–H and O–H groups in total. The number of esters is 4. The van der Waals surface area contributed by atoms with E-state index in [0.717, 1.165) is 6.92 Å². The standard InChI is InChI=1S/C21H36N4O6.2C20H34N4O6.C2H4O2.Li.H2O/c1-19(2,3)31-16(27)12-14(10-9-11-23-25-22)17(28)24-21(6,7)15(26)13-20(4,5)18(29)30-8;2*1-18(2,3)30-15(26)11-13(9-8-10-22-24-21)16(27)23-20(6,7)14(25)12-19(4,5)17(28)29;1-2(3)4;;/h14H,9-13H2,1-8H3,(H,24,28);2*13H,8-12H2,1-7H3,(H,23,27)(H,28,29);1H3,(H,3,4);;1H2/q;;;;+1;/p-1/t14-;2*13-;;;/m111.../s1. The monoisotopic (exact) mass is 1380 g/mol. The molecule has 33 nitrogen and oxygen atoms in total. The number of ether oxygens (including phenoxy) is 4. The number of carbonyl (C=O) groups excluding carboxylic acids is 10. The first kappa shape index (κ1) is 100. The Balaban J connectivity index is -0.000000308. The molecule has 0 aromatic carbocycles. The van der Waals surface area contributed by atoms with Crippen molar-refractivity contribution in [3.8, 4) is 0 Å². The van der Waals surface area contributed by atoms with Crippen LogP contribution in [0.4, 0.5) is 0 Å². The van der Waals surface area contributed by atoms with Crippen molar-refractivity contribution in [1.29, 1.82) is 0 Å². The van der Waals surface area contributed by atoms with Crippen LogP contribution in [-0.4, -0.2) is 158 Å². The third-order valence-electron chi connectivity index (χ3n) is 13.3. The number of nitrogens with one attached hydrogen (secondary N) is 3. The van der Waals surface area contributed by atoms with Gasteiger partial charge in [-0.1, -0.05) is 15.3 Å². The zero-order chi connectivity index (χ0) is 75.5. The summed E-state index contributed by atoms with van der Waals surface area (Å²) in [5, 5.41) is 44.1. The molecule has 97 heavy (non-hydrogen) atoms. The third kappa shape index (κ3) is 47.7. The second-order valence-electron chi connectivity index (χ2n) is 29.2. The van der Waals surface area contributed by atoms with Gasteiger partial charge >= 0.3 is 54.7 Å². The Bertz CT molecular complexity index is 2690. The molecule has 0 unspecified atom stereocenters. The Morgan fingerprint density at radius 1 is 0.412 bits per heavy atom. The van der Waals surface area contributed by atoms with Gasteiger partial charge in [0.25, 0.3) is 5.97 Å². The molecule has 0 saturated heterocycles. The van der Waals surface area contributed by atoms with Gasteiger partial charge in [0, 0.05) is 78.3 Å². The van der Waals surface area contributed by atoms with Crippen LogP contribution in [0.25, 0.3) is 31.3 Å². The van der Waals surface area contributed by atoms with Crippen molar-refractivity contribution in [3.05, 3.63) is 31.3 Å². The molecule has 0 bridgehead atoms. The first-order chi connectivity index (χ1) is 42.8. The number of methoxy groups -OCH3 is 1. The average Bonchev–Trinajstić information content (AvgIpc) is 1.09. The predicted octanol–water partition coefficient (Wildman–Crippen LogP) is 7.18. The number of nitrogens with zero attached hydrogens (tertiary/aromatic N) is 9. The summed E-state index contributed by atoms with van der Waals surface area (Å²) < 4.78 is 20.6. The minimum absolute atomic E-state index is 0. The summed E-state index contributed by atoms with van der Waals surface area (Å²) in [6, 6.07) is 0. The van der Waals surface area contributed by atoms with Gasteiger partial charge in [0.2, 0.25) is 17.7 Å². The van der Waals surface area contributed by atoms with E-state index in [9.17, 15) is 67.7 Å². The second-order valence-corrected chi connectivity index (χ2v) is 29.2. The van der Waals surface area contributed by atoms with Crippen LogP contribution in [0.15, 0.2) is 15.3 Å². The molecule has 0 rings (SSSR count). The van der Waals surface area contributed by atoms with Gasteiger partial charge in [0.05, 0.1) is 59.2 Å². The largest absolute Gasteiger partial charge is 1.00 e. The van der Waals surface area contributed by atoms with Crippen LogP contribution in [0.1, 0.15) is 229 Å². The quantitative estimate of drug-likeness (QED) is 0.00688. The van der Waals surface area contributed by atoms with Crippen molar-refractivity contribution in [3.63, 3.8) is 0 Å². The van der Waals surface area contributed by atoms with E-state index in [1.165, 1.54) is 62.5 Å². The number of hydrogen-bond acceptors (Lipinski definition) is 21. The number of rotatable bonds is 36. The Morgan fingerprint density at radius 2 is 0.619 bits per heavy atom. The van der Waals surface area contributed by atoms with Crippen molar-refractivity contribution in [1.82, 2.24) is 16.0 Å². The molecule has 0 aliphatic carbocycles. The third-order valence-corrected chi connectivity index (χ3v) is 13.3. The van der Waals surface area contributed by atoms with Crippen LogP contribution in [0.2, 0.25) is 0 Å². The molecule has 548 valence electrons. The van der Waals surface area contributed by atoms with Crippen molar-refractivity contribution in [2.45, 2.75) is 263 Å². The minimum atomic E-state index is -1.32. The molecule has 34 heteroatoms. The maximum absolute atomic E-state index is 12.9. The van der Waals surface area contributed by atoms with Gasteiger partial charge in [-0.3, -0.25) is 62.3 Å². The van der Waals surface area contributed by atoms with E-state index < -0.39 is 138 Å². The Labute approximate surface area is 581 Å². The molecule has 0 aromatic heterocycles. The average molecular weight is 1380 g/mol.